The first kappa shape index (κ1) is 19.1. The van der Waals surface area contributed by atoms with Gasteiger partial charge in [-0.1, -0.05) is 30.3 Å². The maximum Gasteiger partial charge on any atom is 0.236 e. The summed E-state index contributed by atoms with van der Waals surface area (Å²) in [5.41, 5.74) is 4.17. The molecular formula is C23H30N4O. The van der Waals surface area contributed by atoms with Crippen molar-refractivity contribution in [1.29, 1.82) is 0 Å². The van der Waals surface area contributed by atoms with E-state index < -0.39 is 0 Å². The first-order chi connectivity index (χ1) is 13.7. The summed E-state index contributed by atoms with van der Waals surface area (Å²) in [6, 6.07) is 13.5. The number of piperazine rings is 1. The number of aromatic nitrogens is 1. The molecule has 0 N–H and O–H groups in total. The molecular weight excluding hydrogens is 348 g/mol. The predicted molar refractivity (Wildman–Crippen MR) is 111 cm³/mol. The fraction of sp³-hybridized carbons (Fsp3) is 0.478. The van der Waals surface area contributed by atoms with Crippen LogP contribution in [0.2, 0.25) is 0 Å². The van der Waals surface area contributed by atoms with Crippen molar-refractivity contribution in [1.82, 2.24) is 19.7 Å². The second-order valence-corrected chi connectivity index (χ2v) is 8.12. The molecule has 1 amide bonds. The molecule has 1 aromatic carbocycles. The first-order valence-electron chi connectivity index (χ1n) is 10.3. The van der Waals surface area contributed by atoms with E-state index in [1.54, 1.807) is 6.20 Å². The topological polar surface area (TPSA) is 39.7 Å². The van der Waals surface area contributed by atoms with E-state index in [0.717, 1.165) is 44.7 Å². The lowest BCUT2D eigenvalue weighted by atomic mass is 9.87. The number of amides is 1. The molecule has 1 aliphatic heterocycles. The summed E-state index contributed by atoms with van der Waals surface area (Å²) in [7, 11) is 2.00. The normalized spacial score (nSPS) is 20.2. The van der Waals surface area contributed by atoms with Gasteiger partial charge in [0.1, 0.15) is 0 Å². The minimum atomic E-state index is 0.236. The third kappa shape index (κ3) is 4.59. The zero-order valence-electron chi connectivity index (χ0n) is 16.8. The van der Waals surface area contributed by atoms with Crippen LogP contribution in [0.15, 0.2) is 48.8 Å². The molecule has 5 heteroatoms. The van der Waals surface area contributed by atoms with Crippen molar-refractivity contribution >= 4 is 5.91 Å². The summed E-state index contributed by atoms with van der Waals surface area (Å²) in [5.74, 6) is 0.236. The number of aryl methyl sites for hydroxylation is 1. The number of carbonyl (C=O) groups excluding carboxylic acids is 1. The zero-order valence-corrected chi connectivity index (χ0v) is 16.8. The standard InChI is InChI=1S/C23H30N4O/c1-25(17-19-5-4-10-24-16-19)18-23(28)27-13-11-26(12-14-27)22-9-8-20-6-2-3-7-21(20)15-22/h2-7,10,16,22H,8-9,11-15,17-18H2,1H3/t22-/m0/s1. The Morgan fingerprint density at radius 1 is 1.11 bits per heavy atom. The van der Waals surface area contributed by atoms with E-state index >= 15 is 0 Å². The summed E-state index contributed by atoms with van der Waals surface area (Å²) in [6.07, 6.45) is 7.21. The molecule has 1 aromatic heterocycles. The van der Waals surface area contributed by atoms with Crippen LogP contribution in [0.25, 0.3) is 0 Å². The van der Waals surface area contributed by atoms with Crippen LogP contribution in [0.1, 0.15) is 23.1 Å². The Balaban J connectivity index is 1.24. The van der Waals surface area contributed by atoms with Gasteiger partial charge in [0.2, 0.25) is 5.91 Å². The Labute approximate surface area is 168 Å². The molecule has 0 unspecified atom stereocenters. The van der Waals surface area contributed by atoms with Gasteiger partial charge in [0.15, 0.2) is 0 Å². The number of nitrogens with zero attached hydrogens (tertiary/aromatic N) is 4. The molecule has 0 radical (unpaired) electrons. The lowest BCUT2D eigenvalue weighted by Crippen LogP contribution is -2.54. The van der Waals surface area contributed by atoms with Crippen LogP contribution in [0.4, 0.5) is 0 Å². The van der Waals surface area contributed by atoms with Crippen LogP contribution in [-0.2, 0) is 24.2 Å². The average Bonchev–Trinajstić information content (AvgIpc) is 2.74. The summed E-state index contributed by atoms with van der Waals surface area (Å²) < 4.78 is 0. The average molecular weight is 379 g/mol. The van der Waals surface area contributed by atoms with E-state index in [9.17, 15) is 4.79 Å². The second-order valence-electron chi connectivity index (χ2n) is 8.12. The van der Waals surface area contributed by atoms with Crippen LogP contribution in [0, 0.1) is 0 Å². The number of rotatable bonds is 5. The molecule has 2 aliphatic rings. The van der Waals surface area contributed by atoms with Crippen molar-refractivity contribution in [2.45, 2.75) is 31.8 Å². The number of likely N-dealkylation sites (N-methyl/N-ethyl adjacent to an activating group) is 1. The van der Waals surface area contributed by atoms with Crippen LogP contribution in [0.5, 0.6) is 0 Å². The third-order valence-electron chi connectivity index (χ3n) is 6.08. The Bertz CT molecular complexity index is 786. The minimum absolute atomic E-state index is 0.236. The fourth-order valence-corrected chi connectivity index (χ4v) is 4.52. The van der Waals surface area contributed by atoms with E-state index in [1.165, 1.54) is 24.0 Å². The van der Waals surface area contributed by atoms with Crippen molar-refractivity contribution in [2.75, 3.05) is 39.8 Å². The van der Waals surface area contributed by atoms with Gasteiger partial charge < -0.3 is 4.90 Å². The molecule has 1 fully saturated rings. The highest BCUT2D eigenvalue weighted by Gasteiger charge is 2.28. The second kappa shape index (κ2) is 8.84. The largest absolute Gasteiger partial charge is 0.339 e. The molecule has 28 heavy (non-hydrogen) atoms. The number of pyridine rings is 1. The number of carbonyl (C=O) groups is 1. The van der Waals surface area contributed by atoms with Crippen molar-refractivity contribution in [3.05, 3.63) is 65.5 Å². The Kier molecular flexibility index (Phi) is 6.03. The molecule has 0 spiro atoms. The smallest absolute Gasteiger partial charge is 0.236 e. The molecule has 0 bridgehead atoms. The number of benzene rings is 1. The number of hydrogen-bond donors (Lipinski definition) is 0. The van der Waals surface area contributed by atoms with Gasteiger partial charge in [0.25, 0.3) is 0 Å². The van der Waals surface area contributed by atoms with Crippen LogP contribution < -0.4 is 0 Å². The summed E-state index contributed by atoms with van der Waals surface area (Å²) in [4.78, 5) is 23.5. The van der Waals surface area contributed by atoms with Gasteiger partial charge in [-0.2, -0.15) is 0 Å². The number of fused-ring (bicyclic) bond motifs is 1. The predicted octanol–water partition coefficient (Wildman–Crippen LogP) is 2.22. The van der Waals surface area contributed by atoms with E-state index in [1.807, 2.05) is 24.2 Å². The SMILES string of the molecule is CN(CC(=O)N1CCN([C@H]2CCc3ccccc3C2)CC1)Cc1cccnc1. The van der Waals surface area contributed by atoms with Crippen molar-refractivity contribution < 1.29 is 4.79 Å². The molecule has 4 rings (SSSR count). The van der Waals surface area contributed by atoms with E-state index in [0.29, 0.717) is 12.6 Å². The molecule has 5 nitrogen and oxygen atoms in total. The quantitative estimate of drug-likeness (QED) is 0.800. The third-order valence-corrected chi connectivity index (χ3v) is 6.08. The van der Waals surface area contributed by atoms with E-state index in [-0.39, 0.29) is 5.91 Å². The lowest BCUT2D eigenvalue weighted by Gasteiger charge is -2.41. The maximum absolute atomic E-state index is 12.7. The van der Waals surface area contributed by atoms with Gasteiger partial charge in [0, 0.05) is 51.2 Å². The Morgan fingerprint density at radius 2 is 1.89 bits per heavy atom. The highest BCUT2D eigenvalue weighted by atomic mass is 16.2. The zero-order chi connectivity index (χ0) is 19.3. The number of hydrogen-bond acceptors (Lipinski definition) is 4. The van der Waals surface area contributed by atoms with E-state index in [2.05, 4.69) is 45.1 Å². The van der Waals surface area contributed by atoms with E-state index in [4.69, 9.17) is 0 Å². The van der Waals surface area contributed by atoms with Gasteiger partial charge in [0.05, 0.1) is 6.54 Å². The lowest BCUT2D eigenvalue weighted by molar-refractivity contribution is -0.134. The molecule has 148 valence electrons. The Morgan fingerprint density at radius 3 is 2.64 bits per heavy atom. The monoisotopic (exact) mass is 378 g/mol. The summed E-state index contributed by atoms with van der Waals surface area (Å²) in [6.45, 7) is 4.89. The molecule has 1 aliphatic carbocycles. The molecule has 1 saturated heterocycles. The molecule has 2 heterocycles. The van der Waals surface area contributed by atoms with Crippen LogP contribution >= 0.6 is 0 Å². The fourth-order valence-electron chi connectivity index (χ4n) is 4.52. The minimum Gasteiger partial charge on any atom is -0.339 e. The van der Waals surface area contributed by atoms with Crippen molar-refractivity contribution in [3.63, 3.8) is 0 Å². The van der Waals surface area contributed by atoms with Crippen LogP contribution in [-0.4, -0.2) is 71.4 Å². The molecule has 0 saturated carbocycles. The van der Waals surface area contributed by atoms with Crippen molar-refractivity contribution in [3.8, 4) is 0 Å². The van der Waals surface area contributed by atoms with Gasteiger partial charge >= 0.3 is 0 Å². The van der Waals surface area contributed by atoms with Gasteiger partial charge in [-0.25, -0.2) is 0 Å². The maximum atomic E-state index is 12.7. The highest BCUT2D eigenvalue weighted by molar-refractivity contribution is 5.78. The molecule has 1 atom stereocenters. The van der Waals surface area contributed by atoms with Gasteiger partial charge in [-0.15, -0.1) is 0 Å². The summed E-state index contributed by atoms with van der Waals surface area (Å²) in [5, 5.41) is 0. The molecule has 2 aromatic rings. The van der Waals surface area contributed by atoms with Gasteiger partial charge in [-0.3, -0.25) is 19.6 Å². The summed E-state index contributed by atoms with van der Waals surface area (Å²) >= 11 is 0. The Hall–Kier alpha value is -2.24. The first-order valence-corrected chi connectivity index (χ1v) is 10.3. The van der Waals surface area contributed by atoms with Crippen molar-refractivity contribution in [2.24, 2.45) is 0 Å². The highest BCUT2D eigenvalue weighted by Crippen LogP contribution is 2.25. The van der Waals surface area contributed by atoms with Crippen LogP contribution in [0.3, 0.4) is 0 Å². The van der Waals surface area contributed by atoms with Gasteiger partial charge in [-0.05, 0) is 49.1 Å².